The maximum Gasteiger partial charge on any atom is 0.340 e. The molecule has 8 nitrogen and oxygen atoms in total. The third kappa shape index (κ3) is 7.22. The summed E-state index contributed by atoms with van der Waals surface area (Å²) in [5.41, 5.74) is 4.56. The molecule has 4 rings (SSSR count). The Morgan fingerprint density at radius 1 is 0.600 bits per heavy atom. The minimum atomic E-state index is -0.403. The minimum Gasteiger partial charge on any atom is -0.462 e. The Morgan fingerprint density at radius 3 is 1.25 bits per heavy atom. The van der Waals surface area contributed by atoms with E-state index in [2.05, 4.69) is 9.97 Å². The van der Waals surface area contributed by atoms with Crippen molar-refractivity contribution in [2.24, 2.45) is 0 Å². The van der Waals surface area contributed by atoms with Gasteiger partial charge in [0.15, 0.2) is 0 Å². The van der Waals surface area contributed by atoms with E-state index < -0.39 is 11.9 Å². The summed E-state index contributed by atoms with van der Waals surface area (Å²) in [6.07, 6.45) is 1.12. The molecule has 2 N–H and O–H groups in total. The van der Waals surface area contributed by atoms with Crippen LogP contribution in [0.25, 0.3) is 22.3 Å². The Labute approximate surface area is 233 Å². The van der Waals surface area contributed by atoms with Crippen molar-refractivity contribution in [3.63, 3.8) is 0 Å². The van der Waals surface area contributed by atoms with Crippen molar-refractivity contribution >= 4 is 11.9 Å². The second-order valence-corrected chi connectivity index (χ2v) is 8.68. The third-order valence-electron chi connectivity index (χ3n) is 6.08. The average molecular weight is 543 g/mol. The van der Waals surface area contributed by atoms with Gasteiger partial charge in [0, 0.05) is 34.6 Å². The van der Waals surface area contributed by atoms with Gasteiger partial charge in [-0.05, 0) is 37.8 Å². The number of carbonyl (C=O) groups is 2. The molecular weight excluding hydrogens is 508 g/mol. The summed E-state index contributed by atoms with van der Waals surface area (Å²) in [6.45, 7) is 7.91. The molecule has 0 saturated heterocycles. The molecule has 0 radical (unpaired) electrons. The fraction of sp³-hybridized carbons (Fsp3) is 0.250. The average Bonchev–Trinajstić information content (AvgIpc) is 2.97. The van der Waals surface area contributed by atoms with E-state index in [1.807, 2.05) is 74.5 Å². The van der Waals surface area contributed by atoms with Crippen LogP contribution in [0.15, 0.2) is 82.4 Å². The van der Waals surface area contributed by atoms with Crippen LogP contribution >= 0.6 is 0 Å². The van der Waals surface area contributed by atoms with Crippen LogP contribution in [-0.4, -0.2) is 35.1 Å². The van der Waals surface area contributed by atoms with Crippen molar-refractivity contribution in [3.05, 3.63) is 116 Å². The molecule has 4 aromatic rings. The summed E-state index contributed by atoms with van der Waals surface area (Å²) in [7, 11) is 0. The molecule has 0 aliphatic rings. The van der Waals surface area contributed by atoms with Crippen molar-refractivity contribution in [1.82, 2.24) is 9.97 Å². The van der Waals surface area contributed by atoms with Crippen LogP contribution in [0.5, 0.6) is 0 Å². The number of aryl methyl sites for hydroxylation is 2. The number of hydrogen-bond acceptors (Lipinski definition) is 6. The molecule has 0 fully saturated rings. The first-order chi connectivity index (χ1) is 19.3. The number of H-pyrrole nitrogens is 2. The number of aromatic nitrogens is 2. The highest BCUT2D eigenvalue weighted by molar-refractivity contribution is 5.99. The molecule has 0 saturated carbocycles. The zero-order valence-corrected chi connectivity index (χ0v) is 23.2. The molecule has 2 aromatic heterocycles. The highest BCUT2D eigenvalue weighted by Gasteiger charge is 2.20. The van der Waals surface area contributed by atoms with Gasteiger partial charge in [0.25, 0.3) is 0 Å². The van der Waals surface area contributed by atoms with Gasteiger partial charge < -0.3 is 19.4 Å². The standard InChI is InChI=1S/2C16H17NO3/c2*1-3-13-15(16(19)20-4-2)12(10-14(18)17-13)11-8-6-5-7-9-11/h2*5-10H,3-4H2,1-2H3,(H,17,18). The summed E-state index contributed by atoms with van der Waals surface area (Å²) in [4.78, 5) is 53.3. The molecule has 0 bridgehead atoms. The molecule has 208 valence electrons. The molecule has 0 spiro atoms. The van der Waals surface area contributed by atoms with Crippen molar-refractivity contribution in [2.75, 3.05) is 13.2 Å². The first kappa shape index (κ1) is 29.8. The molecule has 0 aliphatic carbocycles. The number of rotatable bonds is 8. The predicted molar refractivity (Wildman–Crippen MR) is 156 cm³/mol. The lowest BCUT2D eigenvalue weighted by Gasteiger charge is -2.12. The smallest absolute Gasteiger partial charge is 0.340 e. The van der Waals surface area contributed by atoms with Crippen molar-refractivity contribution in [1.29, 1.82) is 0 Å². The molecule has 0 atom stereocenters. The quantitative estimate of drug-likeness (QED) is 0.281. The van der Waals surface area contributed by atoms with Gasteiger partial charge in [-0.2, -0.15) is 0 Å². The third-order valence-corrected chi connectivity index (χ3v) is 6.08. The van der Waals surface area contributed by atoms with Crippen molar-refractivity contribution < 1.29 is 19.1 Å². The van der Waals surface area contributed by atoms with Crippen LogP contribution in [-0.2, 0) is 22.3 Å². The first-order valence-corrected chi connectivity index (χ1v) is 13.3. The maximum atomic E-state index is 12.2. The van der Waals surface area contributed by atoms with Crippen LogP contribution < -0.4 is 11.1 Å². The number of esters is 2. The minimum absolute atomic E-state index is 0.214. The van der Waals surface area contributed by atoms with Crippen LogP contribution in [0, 0.1) is 0 Å². The van der Waals surface area contributed by atoms with E-state index in [1.54, 1.807) is 13.8 Å². The second-order valence-electron chi connectivity index (χ2n) is 8.68. The fourth-order valence-corrected chi connectivity index (χ4v) is 4.32. The Bertz CT molecular complexity index is 1440. The lowest BCUT2D eigenvalue weighted by Crippen LogP contribution is -2.17. The van der Waals surface area contributed by atoms with Crippen LogP contribution in [0.3, 0.4) is 0 Å². The van der Waals surface area contributed by atoms with E-state index in [-0.39, 0.29) is 11.1 Å². The number of benzene rings is 2. The molecule has 0 aliphatic heterocycles. The SMILES string of the molecule is CCOC(=O)c1c(-c2ccccc2)cc(=O)[nH]c1CC.CCOC(=O)c1c(-c2ccccc2)cc(=O)[nH]c1CC. The predicted octanol–water partition coefficient (Wildman–Crippen LogP) is 5.56. The van der Waals surface area contributed by atoms with Gasteiger partial charge in [-0.15, -0.1) is 0 Å². The fourth-order valence-electron chi connectivity index (χ4n) is 4.32. The van der Waals surface area contributed by atoms with E-state index in [9.17, 15) is 19.2 Å². The Morgan fingerprint density at radius 2 is 0.950 bits per heavy atom. The molecule has 0 amide bonds. The highest BCUT2D eigenvalue weighted by atomic mass is 16.5. The molecule has 2 aromatic carbocycles. The summed E-state index contributed by atoms with van der Waals surface area (Å²) < 4.78 is 10.2. The lowest BCUT2D eigenvalue weighted by molar-refractivity contribution is 0.0515. The topological polar surface area (TPSA) is 118 Å². The van der Waals surface area contributed by atoms with Gasteiger partial charge in [0.1, 0.15) is 0 Å². The van der Waals surface area contributed by atoms with Gasteiger partial charge in [-0.1, -0.05) is 74.5 Å². The summed E-state index contributed by atoms with van der Waals surface area (Å²) in [5.74, 6) is -0.807. The van der Waals surface area contributed by atoms with E-state index in [4.69, 9.17) is 9.47 Å². The van der Waals surface area contributed by atoms with Crippen LogP contribution in [0.2, 0.25) is 0 Å². The highest BCUT2D eigenvalue weighted by Crippen LogP contribution is 2.26. The van der Waals surface area contributed by atoms with Crippen molar-refractivity contribution in [3.8, 4) is 22.3 Å². The Hall–Kier alpha value is -4.72. The molecular formula is C32H34N2O6. The number of pyridine rings is 2. The zero-order chi connectivity index (χ0) is 29.1. The molecule has 40 heavy (non-hydrogen) atoms. The van der Waals surface area contributed by atoms with E-state index in [0.29, 0.717) is 59.7 Å². The molecule has 0 unspecified atom stereocenters. The number of aromatic amines is 2. The largest absolute Gasteiger partial charge is 0.462 e. The van der Waals surface area contributed by atoms with Gasteiger partial charge in [0.05, 0.1) is 24.3 Å². The molecule has 8 heteroatoms. The van der Waals surface area contributed by atoms with Gasteiger partial charge >= 0.3 is 11.9 Å². The zero-order valence-electron chi connectivity index (χ0n) is 23.2. The Balaban J connectivity index is 0.000000220. The van der Waals surface area contributed by atoms with Crippen LogP contribution in [0.4, 0.5) is 0 Å². The van der Waals surface area contributed by atoms with Crippen molar-refractivity contribution in [2.45, 2.75) is 40.5 Å². The lowest BCUT2D eigenvalue weighted by atomic mass is 9.98. The number of carbonyl (C=O) groups excluding carboxylic acids is 2. The summed E-state index contributed by atoms with van der Waals surface area (Å²) in [6, 6.07) is 21.6. The number of hydrogen-bond donors (Lipinski definition) is 2. The summed E-state index contributed by atoms with van der Waals surface area (Å²) in [5, 5.41) is 0. The monoisotopic (exact) mass is 542 g/mol. The van der Waals surface area contributed by atoms with E-state index in [0.717, 1.165) is 11.1 Å². The molecule has 2 heterocycles. The first-order valence-electron chi connectivity index (χ1n) is 13.3. The normalized spacial score (nSPS) is 10.3. The second kappa shape index (κ2) is 14.4. The van der Waals surface area contributed by atoms with Gasteiger partial charge in [-0.3, -0.25) is 9.59 Å². The van der Waals surface area contributed by atoms with Crippen LogP contribution in [0.1, 0.15) is 59.8 Å². The number of ether oxygens (including phenoxy) is 2. The van der Waals surface area contributed by atoms with Gasteiger partial charge in [-0.25, -0.2) is 9.59 Å². The summed E-state index contributed by atoms with van der Waals surface area (Å²) >= 11 is 0. The number of nitrogens with one attached hydrogen (secondary N) is 2. The Kier molecular flexibility index (Phi) is 10.8. The van der Waals surface area contributed by atoms with E-state index >= 15 is 0 Å². The van der Waals surface area contributed by atoms with E-state index in [1.165, 1.54) is 12.1 Å². The maximum absolute atomic E-state index is 12.2. The van der Waals surface area contributed by atoms with Gasteiger partial charge in [0.2, 0.25) is 11.1 Å².